The van der Waals surface area contributed by atoms with Crippen LogP contribution in [-0.4, -0.2) is 55.9 Å². The highest BCUT2D eigenvalue weighted by Crippen LogP contribution is 2.21. The number of rotatable bonds is 4. The minimum atomic E-state index is -0.285. The van der Waals surface area contributed by atoms with E-state index in [0.29, 0.717) is 31.1 Å². The fourth-order valence-corrected chi connectivity index (χ4v) is 2.53. The van der Waals surface area contributed by atoms with Crippen LogP contribution in [0.15, 0.2) is 6.20 Å². The second-order valence-electron chi connectivity index (χ2n) is 5.41. The molecule has 1 aliphatic heterocycles. The predicted octanol–water partition coefficient (Wildman–Crippen LogP) is 1.00. The van der Waals surface area contributed by atoms with Crippen LogP contribution in [0.5, 0.6) is 0 Å². The van der Waals surface area contributed by atoms with E-state index in [1.807, 2.05) is 6.92 Å². The van der Waals surface area contributed by atoms with Crippen LogP contribution in [0.4, 0.5) is 0 Å². The van der Waals surface area contributed by atoms with E-state index < -0.39 is 0 Å². The van der Waals surface area contributed by atoms with E-state index in [1.54, 1.807) is 11.1 Å². The number of aromatic amines is 2. The fourth-order valence-electron chi connectivity index (χ4n) is 2.53. The summed E-state index contributed by atoms with van der Waals surface area (Å²) in [5, 5.41) is 13.8. The van der Waals surface area contributed by atoms with Crippen molar-refractivity contribution in [2.45, 2.75) is 32.8 Å². The maximum absolute atomic E-state index is 12.5. The molecule has 2 aromatic heterocycles. The number of H-pyrrole nitrogens is 2. The van der Waals surface area contributed by atoms with Gasteiger partial charge in [-0.2, -0.15) is 10.2 Å². The molecule has 22 heavy (non-hydrogen) atoms. The summed E-state index contributed by atoms with van der Waals surface area (Å²) in [6.45, 7) is 5.42. The average molecular weight is 304 g/mol. The number of hydrogen-bond acceptors (Lipinski definition) is 5. The molecule has 0 unspecified atom stereocenters. The van der Waals surface area contributed by atoms with Gasteiger partial charge in [0.1, 0.15) is 11.9 Å². The van der Waals surface area contributed by atoms with Crippen molar-refractivity contribution < 1.29 is 9.53 Å². The molecule has 0 spiro atoms. The molecule has 1 amide bonds. The van der Waals surface area contributed by atoms with Crippen molar-refractivity contribution in [3.8, 4) is 0 Å². The summed E-state index contributed by atoms with van der Waals surface area (Å²) in [4.78, 5) is 18.7. The number of nitrogens with one attached hydrogen (secondary N) is 2. The van der Waals surface area contributed by atoms with Gasteiger partial charge in [0.2, 0.25) is 0 Å². The summed E-state index contributed by atoms with van der Waals surface area (Å²) < 4.78 is 5.72. The van der Waals surface area contributed by atoms with Gasteiger partial charge >= 0.3 is 0 Å². The standard InChI is InChI=1S/C14H20N6O2/c1-3-4-12-16-13(19-18-12)11-8-20(5-6-22-11)14(21)10-7-15-17-9(10)2/h7,11H,3-6,8H2,1-2H3,(H,15,17)(H,16,18,19)/t11-/m0/s1. The Morgan fingerprint density at radius 3 is 3.09 bits per heavy atom. The molecule has 3 heterocycles. The van der Waals surface area contributed by atoms with Crippen LogP contribution in [0.1, 0.15) is 47.1 Å². The zero-order valence-corrected chi connectivity index (χ0v) is 12.8. The molecule has 8 heteroatoms. The van der Waals surface area contributed by atoms with Gasteiger partial charge in [-0.1, -0.05) is 6.92 Å². The van der Waals surface area contributed by atoms with Crippen molar-refractivity contribution in [1.29, 1.82) is 0 Å². The van der Waals surface area contributed by atoms with Crippen molar-refractivity contribution in [3.05, 3.63) is 29.1 Å². The Kier molecular flexibility index (Phi) is 4.19. The van der Waals surface area contributed by atoms with Crippen LogP contribution >= 0.6 is 0 Å². The summed E-state index contributed by atoms with van der Waals surface area (Å²) >= 11 is 0. The first kappa shape index (κ1) is 14.7. The smallest absolute Gasteiger partial charge is 0.257 e. The average Bonchev–Trinajstić information content (AvgIpc) is 3.16. The zero-order chi connectivity index (χ0) is 15.5. The van der Waals surface area contributed by atoms with Crippen LogP contribution in [-0.2, 0) is 11.2 Å². The van der Waals surface area contributed by atoms with Gasteiger partial charge in [0.05, 0.1) is 24.9 Å². The molecule has 1 aliphatic rings. The summed E-state index contributed by atoms with van der Waals surface area (Å²) in [5.41, 5.74) is 1.37. The number of nitrogens with zero attached hydrogens (tertiary/aromatic N) is 4. The van der Waals surface area contributed by atoms with E-state index in [9.17, 15) is 4.79 Å². The van der Waals surface area contributed by atoms with E-state index in [1.165, 1.54) is 0 Å². The van der Waals surface area contributed by atoms with Crippen LogP contribution in [0.25, 0.3) is 0 Å². The van der Waals surface area contributed by atoms with Crippen LogP contribution in [0.3, 0.4) is 0 Å². The zero-order valence-electron chi connectivity index (χ0n) is 12.8. The number of carbonyl (C=O) groups excluding carboxylic acids is 1. The lowest BCUT2D eigenvalue weighted by molar-refractivity contribution is -0.0267. The maximum atomic E-state index is 12.5. The number of morpholine rings is 1. The molecule has 2 N–H and O–H groups in total. The largest absolute Gasteiger partial charge is 0.366 e. The monoisotopic (exact) mass is 304 g/mol. The van der Waals surface area contributed by atoms with E-state index in [4.69, 9.17) is 4.74 Å². The minimum absolute atomic E-state index is 0.0381. The number of hydrogen-bond donors (Lipinski definition) is 2. The van der Waals surface area contributed by atoms with Gasteiger partial charge in [0, 0.05) is 18.7 Å². The lowest BCUT2D eigenvalue weighted by atomic mass is 10.2. The Morgan fingerprint density at radius 2 is 2.36 bits per heavy atom. The van der Waals surface area contributed by atoms with Gasteiger partial charge in [0.25, 0.3) is 5.91 Å². The SMILES string of the molecule is CCCc1nc([C@@H]2CN(C(=O)c3cn[nH]c3C)CCO2)n[nH]1. The number of ether oxygens (including phenoxy) is 1. The molecule has 1 fully saturated rings. The Balaban J connectivity index is 1.71. The summed E-state index contributed by atoms with van der Waals surface area (Å²) in [5.74, 6) is 1.43. The molecule has 0 aromatic carbocycles. The van der Waals surface area contributed by atoms with Gasteiger partial charge < -0.3 is 9.64 Å². The maximum Gasteiger partial charge on any atom is 0.257 e. The van der Waals surface area contributed by atoms with Crippen molar-refractivity contribution in [2.75, 3.05) is 19.7 Å². The van der Waals surface area contributed by atoms with Crippen molar-refractivity contribution in [2.24, 2.45) is 0 Å². The first-order valence-electron chi connectivity index (χ1n) is 7.51. The highest BCUT2D eigenvalue weighted by molar-refractivity contribution is 5.95. The van der Waals surface area contributed by atoms with Crippen molar-refractivity contribution >= 4 is 5.91 Å². The molecule has 0 saturated carbocycles. The fraction of sp³-hybridized carbons (Fsp3) is 0.571. The summed E-state index contributed by atoms with van der Waals surface area (Å²) in [6.07, 6.45) is 3.14. The van der Waals surface area contributed by atoms with E-state index in [-0.39, 0.29) is 12.0 Å². The van der Waals surface area contributed by atoms with E-state index in [2.05, 4.69) is 32.3 Å². The molecule has 0 aliphatic carbocycles. The quantitative estimate of drug-likeness (QED) is 0.878. The molecule has 2 aromatic rings. The third-order valence-corrected chi connectivity index (χ3v) is 3.74. The molecular formula is C14H20N6O2. The Labute approximate surface area is 128 Å². The normalized spacial score (nSPS) is 18.6. The van der Waals surface area contributed by atoms with Crippen molar-refractivity contribution in [1.82, 2.24) is 30.3 Å². The number of amides is 1. The third kappa shape index (κ3) is 2.87. The Bertz CT molecular complexity index is 649. The number of aryl methyl sites for hydroxylation is 2. The molecule has 8 nitrogen and oxygen atoms in total. The van der Waals surface area contributed by atoms with Gasteiger partial charge in [-0.05, 0) is 13.3 Å². The lowest BCUT2D eigenvalue weighted by Crippen LogP contribution is -2.42. The lowest BCUT2D eigenvalue weighted by Gasteiger charge is -2.31. The predicted molar refractivity (Wildman–Crippen MR) is 78.3 cm³/mol. The molecule has 3 rings (SSSR count). The van der Waals surface area contributed by atoms with Gasteiger partial charge in [-0.3, -0.25) is 15.0 Å². The Morgan fingerprint density at radius 1 is 1.50 bits per heavy atom. The van der Waals surface area contributed by atoms with Gasteiger partial charge in [-0.15, -0.1) is 0 Å². The first-order chi connectivity index (χ1) is 10.7. The first-order valence-corrected chi connectivity index (χ1v) is 7.51. The second kappa shape index (κ2) is 6.27. The number of aromatic nitrogens is 5. The van der Waals surface area contributed by atoms with Gasteiger partial charge in [-0.25, -0.2) is 4.98 Å². The van der Waals surface area contributed by atoms with Crippen LogP contribution in [0, 0.1) is 6.92 Å². The van der Waals surface area contributed by atoms with Gasteiger partial charge in [0.15, 0.2) is 5.82 Å². The van der Waals surface area contributed by atoms with Crippen molar-refractivity contribution in [3.63, 3.8) is 0 Å². The van der Waals surface area contributed by atoms with Crippen LogP contribution in [0.2, 0.25) is 0 Å². The molecular weight excluding hydrogens is 284 g/mol. The molecule has 0 bridgehead atoms. The van der Waals surface area contributed by atoms with E-state index in [0.717, 1.165) is 24.4 Å². The Hall–Kier alpha value is -2.22. The molecule has 118 valence electrons. The summed E-state index contributed by atoms with van der Waals surface area (Å²) in [7, 11) is 0. The van der Waals surface area contributed by atoms with Crippen LogP contribution < -0.4 is 0 Å². The molecule has 1 saturated heterocycles. The molecule has 0 radical (unpaired) electrons. The highest BCUT2D eigenvalue weighted by Gasteiger charge is 2.29. The highest BCUT2D eigenvalue weighted by atomic mass is 16.5. The molecule has 1 atom stereocenters. The third-order valence-electron chi connectivity index (χ3n) is 3.74. The summed E-state index contributed by atoms with van der Waals surface area (Å²) in [6, 6.07) is 0. The minimum Gasteiger partial charge on any atom is -0.366 e. The topological polar surface area (TPSA) is 99.8 Å². The van der Waals surface area contributed by atoms with E-state index >= 15 is 0 Å². The second-order valence-corrected chi connectivity index (χ2v) is 5.41. The number of carbonyl (C=O) groups is 1.